The molecule has 0 unspecified atom stereocenters. The fraction of sp³-hybridized carbons (Fsp3) is 0. The maximum absolute atomic E-state index is 15.9. The Morgan fingerprint density at radius 1 is 0.480 bits per heavy atom. The minimum atomic E-state index is -0.245. The van der Waals surface area contributed by atoms with E-state index in [1.54, 1.807) is 12.1 Å². The van der Waals surface area contributed by atoms with Crippen LogP contribution in [0.5, 0.6) is 0 Å². The molecule has 0 aliphatic rings. The Balaban J connectivity index is 1.21. The van der Waals surface area contributed by atoms with Crippen molar-refractivity contribution in [2.24, 2.45) is 0 Å². The van der Waals surface area contributed by atoms with Gasteiger partial charge in [-0.3, -0.25) is 0 Å². The third-order valence-electron chi connectivity index (χ3n) is 9.86. The van der Waals surface area contributed by atoms with Crippen molar-refractivity contribution in [3.05, 3.63) is 182 Å². The van der Waals surface area contributed by atoms with Gasteiger partial charge in [-0.2, -0.15) is 0 Å². The second-order valence-electron chi connectivity index (χ2n) is 12.6. The first-order chi connectivity index (χ1) is 24.7. The number of halogens is 1. The molecule has 2 aromatic heterocycles. The molecule has 8 aromatic carbocycles. The number of rotatable bonds is 5. The van der Waals surface area contributed by atoms with Gasteiger partial charge in [-0.15, -0.1) is 11.3 Å². The van der Waals surface area contributed by atoms with Gasteiger partial charge in [0.05, 0.1) is 28.1 Å². The highest BCUT2D eigenvalue weighted by molar-refractivity contribution is 7.26. The molecule has 0 saturated heterocycles. The number of hydrogen-bond acceptors (Lipinski definition) is 2. The normalized spacial score (nSPS) is 11.7. The van der Waals surface area contributed by atoms with E-state index in [1.165, 1.54) is 31.3 Å². The van der Waals surface area contributed by atoms with Crippen LogP contribution in [0.4, 0.5) is 21.5 Å². The fourth-order valence-corrected chi connectivity index (χ4v) is 8.88. The summed E-state index contributed by atoms with van der Waals surface area (Å²) in [5, 5.41) is 6.80. The molecule has 2 nitrogen and oxygen atoms in total. The summed E-state index contributed by atoms with van der Waals surface area (Å²) < 4.78 is 20.6. The lowest BCUT2D eigenvalue weighted by Gasteiger charge is -2.29. The van der Waals surface area contributed by atoms with E-state index in [0.29, 0.717) is 5.52 Å². The third kappa shape index (κ3) is 4.39. The van der Waals surface area contributed by atoms with Gasteiger partial charge in [0.2, 0.25) is 0 Å². The number of aromatic nitrogens is 1. The van der Waals surface area contributed by atoms with E-state index in [4.69, 9.17) is 0 Å². The highest BCUT2D eigenvalue weighted by Crippen LogP contribution is 2.45. The van der Waals surface area contributed by atoms with Crippen molar-refractivity contribution in [3.8, 4) is 16.8 Å². The molecule has 2 heterocycles. The lowest BCUT2D eigenvalue weighted by molar-refractivity contribution is 0.635. The van der Waals surface area contributed by atoms with Gasteiger partial charge in [0.15, 0.2) is 0 Å². The molecule has 50 heavy (non-hydrogen) atoms. The van der Waals surface area contributed by atoms with Gasteiger partial charge in [0, 0.05) is 42.0 Å². The standard InChI is InChI=1S/C46H29FN2S/c47-39-20-11-18-37-35-15-3-5-21-41(35)49(45(37)39)43-23-7-6-22-42(43)48(40-24-9-13-30-12-1-2-14-33(30)40)32-28-26-31(27-29-32)34-17-10-19-38-36-16-4-8-25-44(36)50-46(34)38/h1-29H. The van der Waals surface area contributed by atoms with Crippen LogP contribution in [-0.2, 0) is 0 Å². The third-order valence-corrected chi connectivity index (χ3v) is 11.1. The quantitative estimate of drug-likeness (QED) is 0.178. The molecule has 0 fully saturated rings. The molecule has 0 spiro atoms. The number of fused-ring (bicyclic) bond motifs is 7. The number of thiophene rings is 1. The molecule has 0 saturated carbocycles. The summed E-state index contributed by atoms with van der Waals surface area (Å²) in [6, 6.07) is 61.0. The maximum atomic E-state index is 15.9. The van der Waals surface area contributed by atoms with Crippen molar-refractivity contribution in [2.45, 2.75) is 0 Å². The number of para-hydroxylation sites is 4. The van der Waals surface area contributed by atoms with Crippen molar-refractivity contribution >= 4 is 81.1 Å². The molecule has 10 rings (SSSR count). The number of hydrogen-bond donors (Lipinski definition) is 0. The fourth-order valence-electron chi connectivity index (χ4n) is 7.65. The summed E-state index contributed by atoms with van der Waals surface area (Å²) >= 11 is 1.85. The van der Waals surface area contributed by atoms with Crippen LogP contribution >= 0.6 is 11.3 Å². The Bertz CT molecular complexity index is 2890. The zero-order valence-corrected chi connectivity index (χ0v) is 27.7. The van der Waals surface area contributed by atoms with Gasteiger partial charge in [0.1, 0.15) is 5.82 Å². The van der Waals surface area contributed by atoms with Crippen molar-refractivity contribution in [1.29, 1.82) is 0 Å². The van der Waals surface area contributed by atoms with E-state index >= 15 is 4.39 Å². The first-order valence-electron chi connectivity index (χ1n) is 16.8. The van der Waals surface area contributed by atoms with E-state index in [0.717, 1.165) is 49.8 Å². The lowest BCUT2D eigenvalue weighted by atomic mass is 10.0. The van der Waals surface area contributed by atoms with Crippen LogP contribution in [0.1, 0.15) is 0 Å². The van der Waals surface area contributed by atoms with Crippen molar-refractivity contribution in [3.63, 3.8) is 0 Å². The Labute approximate surface area is 292 Å². The molecule has 0 aliphatic heterocycles. The number of anilines is 3. The van der Waals surface area contributed by atoms with Gasteiger partial charge >= 0.3 is 0 Å². The van der Waals surface area contributed by atoms with Gasteiger partial charge in [-0.1, -0.05) is 127 Å². The van der Waals surface area contributed by atoms with Crippen LogP contribution in [0.2, 0.25) is 0 Å². The van der Waals surface area contributed by atoms with Crippen LogP contribution in [-0.4, -0.2) is 4.57 Å². The van der Waals surface area contributed by atoms with Gasteiger partial charge < -0.3 is 9.47 Å². The second-order valence-corrected chi connectivity index (χ2v) is 13.7. The minimum Gasteiger partial charge on any atom is -0.308 e. The molecule has 0 N–H and O–H groups in total. The highest BCUT2D eigenvalue weighted by Gasteiger charge is 2.23. The van der Waals surface area contributed by atoms with Crippen LogP contribution in [0.15, 0.2) is 176 Å². The summed E-state index contributed by atoms with van der Waals surface area (Å²) in [5.74, 6) is -0.245. The summed E-state index contributed by atoms with van der Waals surface area (Å²) in [4.78, 5) is 2.32. The Morgan fingerprint density at radius 3 is 2.02 bits per heavy atom. The predicted octanol–water partition coefficient (Wildman–Crippen LogP) is 13.6. The van der Waals surface area contributed by atoms with E-state index < -0.39 is 0 Å². The molecule has 236 valence electrons. The number of nitrogens with zero attached hydrogens (tertiary/aromatic N) is 2. The zero-order chi connectivity index (χ0) is 33.2. The van der Waals surface area contributed by atoms with E-state index in [1.807, 2.05) is 35.6 Å². The van der Waals surface area contributed by atoms with Crippen molar-refractivity contribution < 1.29 is 4.39 Å². The van der Waals surface area contributed by atoms with Crippen LogP contribution in [0.3, 0.4) is 0 Å². The molecular formula is C46H29FN2S. The predicted molar refractivity (Wildman–Crippen MR) is 211 cm³/mol. The number of benzene rings is 8. The average Bonchev–Trinajstić information content (AvgIpc) is 3.73. The molecule has 0 amide bonds. The highest BCUT2D eigenvalue weighted by atomic mass is 32.1. The van der Waals surface area contributed by atoms with E-state index in [2.05, 4.69) is 149 Å². The average molecular weight is 661 g/mol. The van der Waals surface area contributed by atoms with Gasteiger partial charge in [0.25, 0.3) is 0 Å². The summed E-state index contributed by atoms with van der Waals surface area (Å²) in [6.07, 6.45) is 0. The first-order valence-corrected chi connectivity index (χ1v) is 17.6. The van der Waals surface area contributed by atoms with Gasteiger partial charge in [-0.05, 0) is 65.0 Å². The van der Waals surface area contributed by atoms with Crippen molar-refractivity contribution in [2.75, 3.05) is 4.90 Å². The Morgan fingerprint density at radius 2 is 1.12 bits per heavy atom. The van der Waals surface area contributed by atoms with Crippen molar-refractivity contribution in [1.82, 2.24) is 4.57 Å². The summed E-state index contributed by atoms with van der Waals surface area (Å²) in [5.41, 5.74) is 7.86. The minimum absolute atomic E-state index is 0.245. The monoisotopic (exact) mass is 660 g/mol. The smallest absolute Gasteiger partial charge is 0.147 e. The SMILES string of the molecule is Fc1cccc2c3ccccc3n(-c3ccccc3N(c3ccc(-c4cccc5c4sc4ccccc45)cc3)c3cccc4ccccc34)c12. The van der Waals surface area contributed by atoms with E-state index in [9.17, 15) is 0 Å². The summed E-state index contributed by atoms with van der Waals surface area (Å²) in [7, 11) is 0. The van der Waals surface area contributed by atoms with Crippen LogP contribution in [0, 0.1) is 5.82 Å². The van der Waals surface area contributed by atoms with Crippen LogP contribution < -0.4 is 4.90 Å². The summed E-state index contributed by atoms with van der Waals surface area (Å²) in [6.45, 7) is 0. The second kappa shape index (κ2) is 11.4. The Kier molecular flexibility index (Phi) is 6.58. The molecule has 0 atom stereocenters. The molecule has 10 aromatic rings. The first kappa shape index (κ1) is 28.8. The molecule has 0 aliphatic carbocycles. The zero-order valence-electron chi connectivity index (χ0n) is 26.9. The van der Waals surface area contributed by atoms with Gasteiger partial charge in [-0.25, -0.2) is 4.39 Å². The lowest BCUT2D eigenvalue weighted by Crippen LogP contribution is -2.13. The largest absolute Gasteiger partial charge is 0.308 e. The molecule has 4 heteroatoms. The molecule has 0 bridgehead atoms. The maximum Gasteiger partial charge on any atom is 0.147 e. The van der Waals surface area contributed by atoms with E-state index in [-0.39, 0.29) is 5.82 Å². The molecule has 0 radical (unpaired) electrons. The topological polar surface area (TPSA) is 8.17 Å². The van der Waals surface area contributed by atoms with Crippen LogP contribution in [0.25, 0.3) is 69.6 Å². The Hall–Kier alpha value is -6.23. The molecular weight excluding hydrogens is 632 g/mol.